The second-order valence-electron chi connectivity index (χ2n) is 11.3. The smallest absolute Gasteiger partial charge is 0.239 e. The molecule has 2 aromatic carbocycles. The third-order valence-corrected chi connectivity index (χ3v) is 7.54. The van der Waals surface area contributed by atoms with E-state index < -0.39 is 30.0 Å². The van der Waals surface area contributed by atoms with Crippen LogP contribution in [-0.2, 0) is 27.2 Å². The first kappa shape index (κ1) is 35.2. The highest BCUT2D eigenvalue weighted by atomic mass is 16.2. The first-order chi connectivity index (χ1) is 20.5. The monoisotopic (exact) mass is 594 g/mol. The quantitative estimate of drug-likeness (QED) is 0.0676. The average Bonchev–Trinajstić information content (AvgIpc) is 2.95. The molecule has 0 radical (unpaired) electrons. The molecule has 43 heavy (non-hydrogen) atoms. The van der Waals surface area contributed by atoms with Gasteiger partial charge in [-0.2, -0.15) is 0 Å². The Kier molecular flexibility index (Phi) is 15.2. The molecule has 2 aromatic rings. The number of benzene rings is 2. The molecule has 0 spiro atoms. The van der Waals surface area contributed by atoms with Crippen LogP contribution in [-0.4, -0.2) is 54.9 Å². The molecule has 0 heterocycles. The lowest BCUT2D eigenvalue weighted by Gasteiger charge is -2.27. The summed E-state index contributed by atoms with van der Waals surface area (Å²) in [5.41, 5.74) is 27.1. The number of carbonyl (C=O) groups is 3. The van der Waals surface area contributed by atoms with Crippen molar-refractivity contribution in [3.05, 3.63) is 70.8 Å². The van der Waals surface area contributed by atoms with Gasteiger partial charge < -0.3 is 38.9 Å². The largest absolute Gasteiger partial charge is 0.370 e. The van der Waals surface area contributed by atoms with Crippen LogP contribution in [0.5, 0.6) is 0 Å². The standard InChI is InChI=1S/C32H50N8O3/c1-21-13-14-24(22(2)17-21)19-25(30(42)40-28(29(35)41)12-6-7-15-33)20-26(11-8-16-38-32(36)37)39-31(43)27(34)18-23-9-4-3-5-10-23/h3-5,9-10,13-14,17,25-28H,6-8,11-12,15-16,18-20,33-34H2,1-2H3,(H2,35,41)(H,39,43)(H,40,42)(H4,36,37,38)/t25-,26+,27-,28-/m0/s1. The number of nitrogens with two attached hydrogens (primary N) is 4. The van der Waals surface area contributed by atoms with Crippen molar-refractivity contribution in [2.24, 2.45) is 28.9 Å². The summed E-state index contributed by atoms with van der Waals surface area (Å²) in [6.07, 6.45) is 4.01. The van der Waals surface area contributed by atoms with Gasteiger partial charge in [0, 0.05) is 18.5 Å². The second-order valence-corrected chi connectivity index (χ2v) is 11.3. The van der Waals surface area contributed by atoms with E-state index in [2.05, 4.69) is 22.0 Å². The summed E-state index contributed by atoms with van der Waals surface area (Å²) in [4.78, 5) is 39.2. The molecule has 11 nitrogen and oxygen atoms in total. The summed E-state index contributed by atoms with van der Waals surface area (Å²) < 4.78 is 0. The summed E-state index contributed by atoms with van der Waals surface area (Å²) in [6, 6.07) is 13.7. The van der Waals surface area contributed by atoms with Crippen molar-refractivity contribution in [3.63, 3.8) is 0 Å². The van der Waals surface area contributed by atoms with Crippen LogP contribution in [0.1, 0.15) is 60.8 Å². The van der Waals surface area contributed by atoms with Crippen LogP contribution in [0.15, 0.2) is 48.5 Å². The maximum absolute atomic E-state index is 13.8. The molecule has 0 aliphatic carbocycles. The topological polar surface area (TPSA) is 215 Å². The number of nitrogens with one attached hydrogen (secondary N) is 4. The highest BCUT2D eigenvalue weighted by Crippen LogP contribution is 2.21. The third kappa shape index (κ3) is 13.3. The summed E-state index contributed by atoms with van der Waals surface area (Å²) in [5.74, 6) is -1.90. The maximum atomic E-state index is 13.8. The molecule has 0 aliphatic rings. The molecule has 12 N–H and O–H groups in total. The fraction of sp³-hybridized carbons (Fsp3) is 0.500. The predicted molar refractivity (Wildman–Crippen MR) is 171 cm³/mol. The van der Waals surface area contributed by atoms with Crippen LogP contribution in [0.4, 0.5) is 0 Å². The molecular weight excluding hydrogens is 544 g/mol. The van der Waals surface area contributed by atoms with Crippen molar-refractivity contribution >= 4 is 23.7 Å². The van der Waals surface area contributed by atoms with Crippen molar-refractivity contribution in [1.29, 1.82) is 5.41 Å². The fourth-order valence-electron chi connectivity index (χ4n) is 5.12. The normalized spacial score (nSPS) is 13.8. The van der Waals surface area contributed by atoms with Gasteiger partial charge in [0.1, 0.15) is 6.04 Å². The van der Waals surface area contributed by atoms with Crippen LogP contribution < -0.4 is 38.9 Å². The van der Waals surface area contributed by atoms with Gasteiger partial charge in [0.05, 0.1) is 6.04 Å². The molecule has 0 saturated heterocycles. The summed E-state index contributed by atoms with van der Waals surface area (Å²) in [7, 11) is 0. The molecule has 2 rings (SSSR count). The van der Waals surface area contributed by atoms with Gasteiger partial charge in [-0.15, -0.1) is 0 Å². The van der Waals surface area contributed by atoms with Crippen molar-refractivity contribution in [2.75, 3.05) is 13.1 Å². The molecule has 4 atom stereocenters. The number of hydrogen-bond donors (Lipinski definition) is 8. The summed E-state index contributed by atoms with van der Waals surface area (Å²) in [5, 5.41) is 16.2. The molecule has 0 unspecified atom stereocenters. The Hall–Kier alpha value is -3.96. The Bertz CT molecular complexity index is 1190. The molecule has 3 amide bonds. The van der Waals surface area contributed by atoms with Crippen molar-refractivity contribution < 1.29 is 14.4 Å². The minimum atomic E-state index is -0.812. The molecule has 236 valence electrons. The van der Waals surface area contributed by atoms with Gasteiger partial charge in [-0.3, -0.25) is 19.8 Å². The van der Waals surface area contributed by atoms with Crippen LogP contribution in [0.25, 0.3) is 0 Å². The van der Waals surface area contributed by atoms with Gasteiger partial charge in [-0.25, -0.2) is 0 Å². The van der Waals surface area contributed by atoms with E-state index in [0.29, 0.717) is 58.0 Å². The molecule has 0 bridgehead atoms. The Labute approximate surface area is 255 Å². The molecule has 0 fully saturated rings. The van der Waals surface area contributed by atoms with Crippen molar-refractivity contribution in [2.45, 2.75) is 83.3 Å². The van der Waals surface area contributed by atoms with E-state index in [-0.39, 0.29) is 17.8 Å². The van der Waals surface area contributed by atoms with Crippen molar-refractivity contribution in [3.8, 4) is 0 Å². The van der Waals surface area contributed by atoms with E-state index in [1.807, 2.05) is 56.3 Å². The van der Waals surface area contributed by atoms with Crippen LogP contribution in [0.3, 0.4) is 0 Å². The first-order valence-corrected chi connectivity index (χ1v) is 15.0. The zero-order valence-electron chi connectivity index (χ0n) is 25.5. The zero-order valence-corrected chi connectivity index (χ0v) is 25.5. The van der Waals surface area contributed by atoms with E-state index in [1.165, 1.54) is 0 Å². The Morgan fingerprint density at radius 2 is 1.60 bits per heavy atom. The predicted octanol–water partition coefficient (Wildman–Crippen LogP) is 1.27. The van der Waals surface area contributed by atoms with E-state index in [1.54, 1.807) is 0 Å². The minimum absolute atomic E-state index is 0.135. The Morgan fingerprint density at radius 3 is 2.23 bits per heavy atom. The van der Waals surface area contributed by atoms with E-state index >= 15 is 0 Å². The number of hydrogen-bond acceptors (Lipinski definition) is 6. The Morgan fingerprint density at radius 1 is 0.884 bits per heavy atom. The maximum Gasteiger partial charge on any atom is 0.239 e. The number of guanidine groups is 1. The second kappa shape index (κ2) is 18.6. The summed E-state index contributed by atoms with van der Waals surface area (Å²) in [6.45, 7) is 4.95. The Balaban J connectivity index is 2.28. The number of amides is 3. The van der Waals surface area contributed by atoms with Crippen LogP contribution in [0, 0.1) is 25.2 Å². The van der Waals surface area contributed by atoms with Gasteiger partial charge in [0.2, 0.25) is 17.7 Å². The van der Waals surface area contributed by atoms with Gasteiger partial charge in [0.15, 0.2) is 5.96 Å². The average molecular weight is 595 g/mol. The third-order valence-electron chi connectivity index (χ3n) is 7.54. The van der Waals surface area contributed by atoms with Crippen LogP contribution in [0.2, 0.25) is 0 Å². The van der Waals surface area contributed by atoms with Gasteiger partial charge in [-0.1, -0.05) is 54.1 Å². The van der Waals surface area contributed by atoms with E-state index in [0.717, 1.165) is 28.7 Å². The fourth-order valence-corrected chi connectivity index (χ4v) is 5.12. The number of carbonyl (C=O) groups excluding carboxylic acids is 3. The van der Waals surface area contributed by atoms with Gasteiger partial charge in [0.25, 0.3) is 0 Å². The molecule has 0 aliphatic heterocycles. The number of rotatable bonds is 19. The highest BCUT2D eigenvalue weighted by Gasteiger charge is 2.29. The van der Waals surface area contributed by atoms with E-state index in [4.69, 9.17) is 28.3 Å². The number of aryl methyl sites for hydroxylation is 2. The molecular formula is C32H50N8O3. The van der Waals surface area contributed by atoms with E-state index in [9.17, 15) is 14.4 Å². The minimum Gasteiger partial charge on any atom is -0.370 e. The SMILES string of the molecule is Cc1ccc(C[C@@H](C[C@@H](CCCNC(=N)N)NC(=O)[C@@H](N)Cc2ccccc2)C(=O)N[C@@H](CCCCN)C(N)=O)c(C)c1. The van der Waals surface area contributed by atoms with Crippen molar-refractivity contribution in [1.82, 2.24) is 16.0 Å². The van der Waals surface area contributed by atoms with Gasteiger partial charge >= 0.3 is 0 Å². The lowest BCUT2D eigenvalue weighted by molar-refractivity contribution is -0.130. The molecule has 0 aromatic heterocycles. The summed E-state index contributed by atoms with van der Waals surface area (Å²) >= 11 is 0. The number of primary amides is 1. The van der Waals surface area contributed by atoms with Gasteiger partial charge in [-0.05, 0) is 88.4 Å². The lowest BCUT2D eigenvalue weighted by Crippen LogP contribution is -2.50. The molecule has 0 saturated carbocycles. The number of unbranched alkanes of at least 4 members (excludes halogenated alkanes) is 1. The highest BCUT2D eigenvalue weighted by molar-refractivity contribution is 5.88. The zero-order chi connectivity index (χ0) is 31.8. The lowest BCUT2D eigenvalue weighted by atomic mass is 9.87. The van der Waals surface area contributed by atoms with Crippen LogP contribution >= 0.6 is 0 Å². The molecule has 11 heteroatoms. The first-order valence-electron chi connectivity index (χ1n) is 15.0.